The smallest absolute Gasteiger partial charge is 0.228 e. The largest absolute Gasteiger partial charge is 0.389 e. The highest BCUT2D eigenvalue weighted by Crippen LogP contribution is 2.12. The third kappa shape index (κ3) is 3.61. The lowest BCUT2D eigenvalue weighted by atomic mass is 10.1. The summed E-state index contributed by atoms with van der Waals surface area (Å²) in [5.41, 5.74) is 7.13. The summed E-state index contributed by atoms with van der Waals surface area (Å²) in [4.78, 5) is 12.1. The molecular formula is C15H13FN2OS. The Morgan fingerprint density at radius 3 is 2.65 bits per heavy atom. The minimum atomic E-state index is -0.389. The van der Waals surface area contributed by atoms with Crippen molar-refractivity contribution >= 4 is 28.8 Å². The zero-order valence-corrected chi connectivity index (χ0v) is 11.4. The van der Waals surface area contributed by atoms with Gasteiger partial charge in [-0.2, -0.15) is 0 Å². The minimum Gasteiger partial charge on any atom is -0.389 e. The van der Waals surface area contributed by atoms with Gasteiger partial charge in [0, 0.05) is 11.3 Å². The number of hydrogen-bond acceptors (Lipinski definition) is 2. The van der Waals surface area contributed by atoms with Crippen LogP contribution in [-0.2, 0) is 11.2 Å². The van der Waals surface area contributed by atoms with Gasteiger partial charge >= 0.3 is 0 Å². The van der Waals surface area contributed by atoms with E-state index in [0.717, 1.165) is 0 Å². The normalized spacial score (nSPS) is 10.1. The van der Waals surface area contributed by atoms with Crippen LogP contribution in [-0.4, -0.2) is 10.9 Å². The van der Waals surface area contributed by atoms with Crippen molar-refractivity contribution in [1.82, 2.24) is 0 Å². The highest BCUT2D eigenvalue weighted by atomic mass is 32.1. The van der Waals surface area contributed by atoms with E-state index in [1.807, 2.05) is 0 Å². The van der Waals surface area contributed by atoms with Gasteiger partial charge in [0.25, 0.3) is 0 Å². The molecule has 0 fully saturated rings. The van der Waals surface area contributed by atoms with Gasteiger partial charge in [0.05, 0.1) is 6.42 Å². The quantitative estimate of drug-likeness (QED) is 0.850. The molecule has 20 heavy (non-hydrogen) atoms. The monoisotopic (exact) mass is 288 g/mol. The van der Waals surface area contributed by atoms with Crippen molar-refractivity contribution in [3.05, 3.63) is 65.5 Å². The van der Waals surface area contributed by atoms with Gasteiger partial charge in [-0.05, 0) is 23.8 Å². The number of nitrogens with one attached hydrogen (secondary N) is 1. The van der Waals surface area contributed by atoms with Crippen molar-refractivity contribution in [3.8, 4) is 0 Å². The molecule has 0 radical (unpaired) electrons. The zero-order valence-electron chi connectivity index (χ0n) is 10.6. The van der Waals surface area contributed by atoms with Crippen molar-refractivity contribution in [1.29, 1.82) is 0 Å². The lowest BCUT2D eigenvalue weighted by molar-refractivity contribution is -0.115. The Balaban J connectivity index is 2.07. The summed E-state index contributed by atoms with van der Waals surface area (Å²) in [5, 5.41) is 2.69. The standard InChI is InChI=1S/C15H13FN2OS/c16-13-7-2-1-4-10(13)9-14(19)18-12-6-3-5-11(8-12)15(17)20/h1-8H,9H2,(H2,17,20)(H,18,19). The fourth-order valence-electron chi connectivity index (χ4n) is 1.77. The number of amides is 1. The third-order valence-electron chi connectivity index (χ3n) is 2.74. The summed E-state index contributed by atoms with van der Waals surface area (Å²) < 4.78 is 13.4. The van der Waals surface area contributed by atoms with E-state index in [-0.39, 0.29) is 23.1 Å². The number of anilines is 1. The Kier molecular flexibility index (Phi) is 4.42. The Bertz CT molecular complexity index is 658. The van der Waals surface area contributed by atoms with Gasteiger partial charge < -0.3 is 11.1 Å². The van der Waals surface area contributed by atoms with Gasteiger partial charge in [-0.15, -0.1) is 0 Å². The summed E-state index contributed by atoms with van der Waals surface area (Å²) in [7, 11) is 0. The van der Waals surface area contributed by atoms with Crippen LogP contribution in [0.1, 0.15) is 11.1 Å². The Morgan fingerprint density at radius 1 is 1.20 bits per heavy atom. The van der Waals surface area contributed by atoms with Gasteiger partial charge in [0.15, 0.2) is 0 Å². The highest BCUT2D eigenvalue weighted by Gasteiger charge is 2.08. The maximum absolute atomic E-state index is 13.4. The number of carbonyl (C=O) groups excluding carboxylic acids is 1. The van der Waals surface area contributed by atoms with E-state index in [1.54, 1.807) is 42.5 Å². The second kappa shape index (κ2) is 6.25. The van der Waals surface area contributed by atoms with Crippen molar-refractivity contribution in [2.75, 3.05) is 5.32 Å². The summed E-state index contributed by atoms with van der Waals surface area (Å²) in [6, 6.07) is 13.1. The fraction of sp³-hybridized carbons (Fsp3) is 0.0667. The molecule has 0 aliphatic heterocycles. The van der Waals surface area contributed by atoms with Gasteiger partial charge in [-0.25, -0.2) is 4.39 Å². The molecule has 3 N–H and O–H groups in total. The maximum Gasteiger partial charge on any atom is 0.228 e. The van der Waals surface area contributed by atoms with Crippen LogP contribution in [0.15, 0.2) is 48.5 Å². The lowest BCUT2D eigenvalue weighted by Crippen LogP contribution is -2.16. The second-order valence-corrected chi connectivity index (χ2v) is 4.70. The minimum absolute atomic E-state index is 0.0238. The molecule has 102 valence electrons. The molecule has 0 saturated carbocycles. The fourth-order valence-corrected chi connectivity index (χ4v) is 1.90. The molecule has 2 rings (SSSR count). The molecule has 0 saturated heterocycles. The zero-order chi connectivity index (χ0) is 14.5. The van der Waals surface area contributed by atoms with E-state index >= 15 is 0 Å². The van der Waals surface area contributed by atoms with Gasteiger partial charge in [0.2, 0.25) is 5.91 Å². The first-order valence-corrected chi connectivity index (χ1v) is 6.40. The van der Waals surface area contributed by atoms with Crippen molar-refractivity contribution in [2.45, 2.75) is 6.42 Å². The Morgan fingerprint density at radius 2 is 1.95 bits per heavy atom. The molecule has 0 spiro atoms. The number of halogens is 1. The first kappa shape index (κ1) is 14.1. The number of rotatable bonds is 4. The van der Waals surface area contributed by atoms with E-state index in [9.17, 15) is 9.18 Å². The second-order valence-electron chi connectivity index (χ2n) is 4.26. The van der Waals surface area contributed by atoms with Crippen LogP contribution < -0.4 is 11.1 Å². The van der Waals surface area contributed by atoms with E-state index in [0.29, 0.717) is 16.8 Å². The van der Waals surface area contributed by atoms with Crippen molar-refractivity contribution in [3.63, 3.8) is 0 Å². The van der Waals surface area contributed by atoms with Crippen LogP contribution in [0, 0.1) is 5.82 Å². The number of carbonyl (C=O) groups is 1. The molecule has 0 bridgehead atoms. The van der Waals surface area contributed by atoms with Crippen molar-refractivity contribution in [2.24, 2.45) is 5.73 Å². The topological polar surface area (TPSA) is 55.1 Å². The molecule has 3 nitrogen and oxygen atoms in total. The molecule has 0 aliphatic rings. The Labute approximate surface area is 121 Å². The molecule has 0 aromatic heterocycles. The number of nitrogens with two attached hydrogens (primary N) is 1. The van der Waals surface area contributed by atoms with E-state index < -0.39 is 0 Å². The predicted molar refractivity (Wildman–Crippen MR) is 81.1 cm³/mol. The van der Waals surface area contributed by atoms with Crippen LogP contribution in [0.4, 0.5) is 10.1 Å². The number of thiocarbonyl (C=S) groups is 1. The number of benzene rings is 2. The average molecular weight is 288 g/mol. The molecule has 5 heteroatoms. The molecule has 0 heterocycles. The van der Waals surface area contributed by atoms with E-state index in [4.69, 9.17) is 18.0 Å². The van der Waals surface area contributed by atoms with Crippen LogP contribution >= 0.6 is 12.2 Å². The van der Waals surface area contributed by atoms with Crippen LogP contribution in [0.25, 0.3) is 0 Å². The van der Waals surface area contributed by atoms with Gasteiger partial charge in [0.1, 0.15) is 10.8 Å². The predicted octanol–water partition coefficient (Wildman–Crippen LogP) is 2.64. The number of hydrogen-bond donors (Lipinski definition) is 2. The molecular weight excluding hydrogens is 275 g/mol. The molecule has 2 aromatic carbocycles. The summed E-state index contributed by atoms with van der Waals surface area (Å²) >= 11 is 4.87. The summed E-state index contributed by atoms with van der Waals surface area (Å²) in [5.74, 6) is -0.685. The van der Waals surface area contributed by atoms with Crippen LogP contribution in [0.5, 0.6) is 0 Å². The van der Waals surface area contributed by atoms with Gasteiger partial charge in [-0.1, -0.05) is 42.5 Å². The molecule has 0 atom stereocenters. The van der Waals surface area contributed by atoms with Gasteiger partial charge in [-0.3, -0.25) is 4.79 Å². The van der Waals surface area contributed by atoms with E-state index in [2.05, 4.69) is 5.32 Å². The van der Waals surface area contributed by atoms with E-state index in [1.165, 1.54) is 6.07 Å². The lowest BCUT2D eigenvalue weighted by Gasteiger charge is -2.07. The van der Waals surface area contributed by atoms with Crippen LogP contribution in [0.2, 0.25) is 0 Å². The molecule has 2 aromatic rings. The summed E-state index contributed by atoms with van der Waals surface area (Å²) in [6.45, 7) is 0. The Hall–Kier alpha value is -2.27. The maximum atomic E-state index is 13.4. The highest BCUT2D eigenvalue weighted by molar-refractivity contribution is 7.80. The molecule has 0 unspecified atom stereocenters. The average Bonchev–Trinajstić information content (AvgIpc) is 2.41. The third-order valence-corrected chi connectivity index (χ3v) is 2.98. The molecule has 1 amide bonds. The summed E-state index contributed by atoms with van der Waals surface area (Å²) in [6.07, 6.45) is -0.0238. The first-order chi connectivity index (χ1) is 9.56. The van der Waals surface area contributed by atoms with Crippen molar-refractivity contribution < 1.29 is 9.18 Å². The first-order valence-electron chi connectivity index (χ1n) is 5.99. The molecule has 0 aliphatic carbocycles. The SMILES string of the molecule is NC(=S)c1cccc(NC(=O)Cc2ccccc2F)c1. The van der Waals surface area contributed by atoms with Crippen LogP contribution in [0.3, 0.4) is 0 Å².